The van der Waals surface area contributed by atoms with Crippen LogP contribution in [0.1, 0.15) is 0 Å². The molecule has 2 heterocycles. The molecule has 0 saturated heterocycles. The van der Waals surface area contributed by atoms with E-state index < -0.39 is 0 Å². The fraction of sp³-hybridized carbons (Fsp3) is 0. The zero-order valence-corrected chi connectivity index (χ0v) is 9.92. The summed E-state index contributed by atoms with van der Waals surface area (Å²) < 4.78 is 16.1. The van der Waals surface area contributed by atoms with Crippen molar-refractivity contribution in [2.75, 3.05) is 0 Å². The Labute approximate surface area is 107 Å². The van der Waals surface area contributed by atoms with E-state index in [1.807, 2.05) is 0 Å². The summed E-state index contributed by atoms with van der Waals surface area (Å²) in [6.45, 7) is 0. The maximum atomic E-state index is 12.8. The van der Waals surface area contributed by atoms with E-state index in [1.165, 1.54) is 12.1 Å². The number of rotatable bonds is 2. The molecule has 3 rings (SSSR count). The van der Waals surface area contributed by atoms with E-state index in [1.54, 1.807) is 46.3 Å². The maximum absolute atomic E-state index is 12.8. The number of hydrogen-bond donors (Lipinski definition) is 0. The Hall–Kier alpha value is -2.14. The predicted octanol–water partition coefficient (Wildman–Crippen LogP) is 2.85. The fourth-order valence-corrected chi connectivity index (χ4v) is 1.74. The zero-order chi connectivity index (χ0) is 12.5. The standard InChI is InChI=1S/C12H8ClFN4/c13-9-5-15-17(7-9)12-6-16-18(8-12)11-3-1-10(14)2-4-11/h1-8H. The second-order valence-electron chi connectivity index (χ2n) is 3.72. The third kappa shape index (κ3) is 2.00. The topological polar surface area (TPSA) is 35.6 Å². The van der Waals surface area contributed by atoms with Gasteiger partial charge in [0.05, 0.1) is 29.3 Å². The van der Waals surface area contributed by atoms with E-state index in [4.69, 9.17) is 11.6 Å². The van der Waals surface area contributed by atoms with Gasteiger partial charge in [0, 0.05) is 6.20 Å². The van der Waals surface area contributed by atoms with Gasteiger partial charge >= 0.3 is 0 Å². The predicted molar refractivity (Wildman–Crippen MR) is 65.7 cm³/mol. The Morgan fingerprint density at radius 1 is 0.889 bits per heavy atom. The molecule has 0 unspecified atom stereocenters. The molecule has 0 aliphatic rings. The SMILES string of the molecule is Fc1ccc(-n2cc(-n3cc(Cl)cn3)cn2)cc1. The first-order valence-electron chi connectivity index (χ1n) is 5.23. The van der Waals surface area contributed by atoms with Crippen molar-refractivity contribution in [3.63, 3.8) is 0 Å². The third-order valence-electron chi connectivity index (χ3n) is 2.48. The van der Waals surface area contributed by atoms with Crippen LogP contribution in [0, 0.1) is 5.82 Å². The maximum Gasteiger partial charge on any atom is 0.123 e. The molecule has 4 nitrogen and oxygen atoms in total. The molecule has 0 bridgehead atoms. The molecule has 3 aromatic rings. The highest BCUT2D eigenvalue weighted by Gasteiger charge is 2.04. The van der Waals surface area contributed by atoms with E-state index in [0.29, 0.717) is 5.02 Å². The quantitative estimate of drug-likeness (QED) is 0.712. The number of nitrogens with zero attached hydrogens (tertiary/aromatic N) is 4. The van der Waals surface area contributed by atoms with Gasteiger partial charge in [-0.25, -0.2) is 13.8 Å². The van der Waals surface area contributed by atoms with Crippen molar-refractivity contribution < 1.29 is 4.39 Å². The lowest BCUT2D eigenvalue weighted by atomic mass is 10.3. The molecule has 0 radical (unpaired) electrons. The van der Waals surface area contributed by atoms with Gasteiger partial charge in [-0.2, -0.15) is 10.2 Å². The van der Waals surface area contributed by atoms with Crippen LogP contribution < -0.4 is 0 Å². The molecule has 2 aromatic heterocycles. The van der Waals surface area contributed by atoms with Gasteiger partial charge < -0.3 is 0 Å². The highest BCUT2D eigenvalue weighted by molar-refractivity contribution is 6.30. The van der Waals surface area contributed by atoms with Crippen molar-refractivity contribution in [2.24, 2.45) is 0 Å². The van der Waals surface area contributed by atoms with Gasteiger partial charge in [-0.05, 0) is 24.3 Å². The number of hydrogen-bond acceptors (Lipinski definition) is 2. The van der Waals surface area contributed by atoms with E-state index in [9.17, 15) is 4.39 Å². The monoisotopic (exact) mass is 262 g/mol. The largest absolute Gasteiger partial charge is 0.239 e. The molecule has 0 atom stereocenters. The molecule has 0 aliphatic carbocycles. The van der Waals surface area contributed by atoms with Gasteiger partial charge in [0.2, 0.25) is 0 Å². The lowest BCUT2D eigenvalue weighted by Gasteiger charge is -1.99. The lowest BCUT2D eigenvalue weighted by molar-refractivity contribution is 0.627. The molecular weight excluding hydrogens is 255 g/mol. The van der Waals surface area contributed by atoms with Gasteiger partial charge in [-0.1, -0.05) is 11.6 Å². The normalized spacial score (nSPS) is 10.8. The second kappa shape index (κ2) is 4.27. The summed E-state index contributed by atoms with van der Waals surface area (Å²) in [7, 11) is 0. The molecular formula is C12H8ClFN4. The van der Waals surface area contributed by atoms with Crippen LogP contribution in [0.5, 0.6) is 0 Å². The minimum Gasteiger partial charge on any atom is -0.239 e. The van der Waals surface area contributed by atoms with E-state index in [2.05, 4.69) is 10.2 Å². The molecule has 1 aromatic carbocycles. The minimum atomic E-state index is -0.273. The van der Waals surface area contributed by atoms with Crippen LogP contribution in [0.25, 0.3) is 11.4 Å². The Morgan fingerprint density at radius 2 is 1.56 bits per heavy atom. The highest BCUT2D eigenvalue weighted by Crippen LogP contribution is 2.14. The summed E-state index contributed by atoms with van der Waals surface area (Å²) in [5, 5.41) is 8.83. The van der Waals surface area contributed by atoms with Gasteiger partial charge in [0.25, 0.3) is 0 Å². The summed E-state index contributed by atoms with van der Waals surface area (Å²) in [5.74, 6) is -0.273. The molecule has 90 valence electrons. The molecule has 0 amide bonds. The zero-order valence-electron chi connectivity index (χ0n) is 9.16. The van der Waals surface area contributed by atoms with Crippen LogP contribution >= 0.6 is 11.6 Å². The molecule has 0 aliphatic heterocycles. The molecule has 0 fully saturated rings. The Kier molecular flexibility index (Phi) is 2.60. The molecule has 6 heteroatoms. The van der Waals surface area contributed by atoms with Crippen LogP contribution in [0.3, 0.4) is 0 Å². The van der Waals surface area contributed by atoms with Gasteiger partial charge in [0.1, 0.15) is 11.5 Å². The van der Waals surface area contributed by atoms with Crippen LogP contribution in [-0.4, -0.2) is 19.6 Å². The van der Waals surface area contributed by atoms with Crippen molar-refractivity contribution in [3.8, 4) is 11.4 Å². The smallest absolute Gasteiger partial charge is 0.123 e. The summed E-state index contributed by atoms with van der Waals surface area (Å²) in [5.41, 5.74) is 1.56. The first-order chi connectivity index (χ1) is 8.72. The average molecular weight is 263 g/mol. The highest BCUT2D eigenvalue weighted by atomic mass is 35.5. The van der Waals surface area contributed by atoms with E-state index >= 15 is 0 Å². The van der Waals surface area contributed by atoms with Crippen molar-refractivity contribution >= 4 is 11.6 Å². The van der Waals surface area contributed by atoms with Gasteiger partial charge in [-0.3, -0.25) is 0 Å². The van der Waals surface area contributed by atoms with Crippen LogP contribution in [-0.2, 0) is 0 Å². The molecule has 0 saturated carbocycles. The first kappa shape index (κ1) is 11.0. The summed E-state index contributed by atoms with van der Waals surface area (Å²) in [6, 6.07) is 6.09. The lowest BCUT2D eigenvalue weighted by Crippen LogP contribution is -1.95. The molecule has 18 heavy (non-hydrogen) atoms. The van der Waals surface area contributed by atoms with Gasteiger partial charge in [0.15, 0.2) is 0 Å². The summed E-state index contributed by atoms with van der Waals surface area (Å²) in [4.78, 5) is 0. The Balaban J connectivity index is 1.96. The number of aromatic nitrogens is 4. The van der Waals surface area contributed by atoms with Gasteiger partial charge in [-0.15, -0.1) is 0 Å². The fourth-order valence-electron chi connectivity index (χ4n) is 1.61. The van der Waals surface area contributed by atoms with Crippen molar-refractivity contribution in [3.05, 3.63) is 59.9 Å². The average Bonchev–Trinajstić information content (AvgIpc) is 2.98. The van der Waals surface area contributed by atoms with Crippen LogP contribution in [0.2, 0.25) is 5.02 Å². The molecule has 0 N–H and O–H groups in total. The Morgan fingerprint density at radius 3 is 2.22 bits per heavy atom. The second-order valence-corrected chi connectivity index (χ2v) is 4.16. The third-order valence-corrected chi connectivity index (χ3v) is 2.67. The van der Waals surface area contributed by atoms with Crippen molar-refractivity contribution in [1.29, 1.82) is 0 Å². The van der Waals surface area contributed by atoms with Crippen molar-refractivity contribution in [2.45, 2.75) is 0 Å². The molecule has 0 spiro atoms. The van der Waals surface area contributed by atoms with E-state index in [-0.39, 0.29) is 5.82 Å². The number of halogens is 2. The summed E-state index contributed by atoms with van der Waals surface area (Å²) in [6.07, 6.45) is 6.69. The summed E-state index contributed by atoms with van der Waals surface area (Å²) >= 11 is 5.80. The van der Waals surface area contributed by atoms with Crippen LogP contribution in [0.15, 0.2) is 49.1 Å². The number of benzene rings is 1. The van der Waals surface area contributed by atoms with E-state index in [0.717, 1.165) is 11.4 Å². The minimum absolute atomic E-state index is 0.273. The Bertz CT molecular complexity index is 671. The first-order valence-corrected chi connectivity index (χ1v) is 5.61. The van der Waals surface area contributed by atoms with Crippen LogP contribution in [0.4, 0.5) is 4.39 Å². The van der Waals surface area contributed by atoms with Crippen molar-refractivity contribution in [1.82, 2.24) is 19.6 Å².